The third-order valence-electron chi connectivity index (χ3n) is 6.14. The van der Waals surface area contributed by atoms with Crippen molar-refractivity contribution in [2.45, 2.75) is 36.9 Å². The predicted octanol–water partition coefficient (Wildman–Crippen LogP) is -0.113. The summed E-state index contributed by atoms with van der Waals surface area (Å²) in [7, 11) is 3.66. The van der Waals surface area contributed by atoms with Gasteiger partial charge in [0.2, 0.25) is 5.91 Å². The highest BCUT2D eigenvalue weighted by molar-refractivity contribution is 5.83. The molecule has 202 valence electrons. The van der Waals surface area contributed by atoms with Gasteiger partial charge < -0.3 is 35.6 Å². The molecule has 38 heavy (non-hydrogen) atoms. The van der Waals surface area contributed by atoms with Gasteiger partial charge >= 0.3 is 0 Å². The molecule has 15 nitrogen and oxygen atoms in total. The van der Waals surface area contributed by atoms with Gasteiger partial charge in [0.1, 0.15) is 24.3 Å². The summed E-state index contributed by atoms with van der Waals surface area (Å²) in [6, 6.07) is 5.20. The fraction of sp³-hybridized carbons (Fsp3) is 0.478. The maximum atomic E-state index is 12.9. The molecule has 1 fully saturated rings. The lowest BCUT2D eigenvalue weighted by molar-refractivity contribution is -0.124. The SMILES string of the molecule is CN(C)c1ncnc2c1ncn2[C@@H]1O[C@H](CO)C(NC(=O)C(N)Cc2ccc(OCCN=[N+]=[N-])cc2)[C@@H]1O. The van der Waals surface area contributed by atoms with Gasteiger partial charge in [-0.3, -0.25) is 9.36 Å². The van der Waals surface area contributed by atoms with Crippen molar-refractivity contribution in [3.63, 3.8) is 0 Å². The average molecular weight is 527 g/mol. The van der Waals surface area contributed by atoms with Crippen molar-refractivity contribution < 1.29 is 24.5 Å². The van der Waals surface area contributed by atoms with E-state index < -0.39 is 43.0 Å². The van der Waals surface area contributed by atoms with Crippen LogP contribution in [0.1, 0.15) is 11.8 Å². The molecule has 1 aliphatic heterocycles. The maximum Gasteiger partial charge on any atom is 0.237 e. The first-order valence-electron chi connectivity index (χ1n) is 11.9. The van der Waals surface area contributed by atoms with E-state index >= 15 is 0 Å². The van der Waals surface area contributed by atoms with Gasteiger partial charge in [0, 0.05) is 19.0 Å². The van der Waals surface area contributed by atoms with E-state index in [1.807, 2.05) is 14.1 Å². The summed E-state index contributed by atoms with van der Waals surface area (Å²) in [5.74, 6) is 0.695. The first-order chi connectivity index (χ1) is 18.3. The molecule has 1 saturated heterocycles. The number of nitrogens with two attached hydrogens (primary N) is 1. The van der Waals surface area contributed by atoms with Gasteiger partial charge in [-0.15, -0.1) is 0 Å². The van der Waals surface area contributed by atoms with Crippen LogP contribution in [0.5, 0.6) is 5.75 Å². The smallest absolute Gasteiger partial charge is 0.237 e. The lowest BCUT2D eigenvalue weighted by Gasteiger charge is -2.23. The third kappa shape index (κ3) is 5.77. The van der Waals surface area contributed by atoms with Crippen molar-refractivity contribution in [1.29, 1.82) is 0 Å². The van der Waals surface area contributed by atoms with E-state index in [-0.39, 0.29) is 19.6 Å². The van der Waals surface area contributed by atoms with Crippen LogP contribution in [0.2, 0.25) is 0 Å². The van der Waals surface area contributed by atoms with Crippen LogP contribution in [-0.4, -0.2) is 93.8 Å². The van der Waals surface area contributed by atoms with Crippen LogP contribution in [0.25, 0.3) is 21.6 Å². The molecule has 0 spiro atoms. The number of aromatic nitrogens is 4. The Morgan fingerprint density at radius 2 is 2.11 bits per heavy atom. The molecule has 0 aliphatic carbocycles. The number of rotatable bonds is 11. The fourth-order valence-corrected chi connectivity index (χ4v) is 4.25. The highest BCUT2D eigenvalue weighted by atomic mass is 16.5. The molecule has 1 aliphatic rings. The van der Waals surface area contributed by atoms with Crippen molar-refractivity contribution in [2.75, 3.05) is 38.8 Å². The van der Waals surface area contributed by atoms with E-state index in [2.05, 4.69) is 30.3 Å². The van der Waals surface area contributed by atoms with Crippen molar-refractivity contribution in [3.8, 4) is 5.75 Å². The number of imidazole rings is 1. The molecule has 5 N–H and O–H groups in total. The molecule has 2 unspecified atom stereocenters. The Morgan fingerprint density at radius 1 is 1.34 bits per heavy atom. The van der Waals surface area contributed by atoms with Crippen LogP contribution in [0.4, 0.5) is 5.82 Å². The molecular weight excluding hydrogens is 496 g/mol. The van der Waals surface area contributed by atoms with Crippen LogP contribution in [-0.2, 0) is 16.0 Å². The monoisotopic (exact) mass is 526 g/mol. The number of carbonyl (C=O) groups excluding carboxylic acids is 1. The molecule has 3 heterocycles. The first-order valence-corrected chi connectivity index (χ1v) is 11.9. The number of anilines is 1. The second-order valence-corrected chi connectivity index (χ2v) is 8.95. The summed E-state index contributed by atoms with van der Waals surface area (Å²) in [5, 5.41) is 27.1. The number of azide groups is 1. The standard InChI is InChI=1S/C23H30N10O5/c1-32(2)20-18-21(27-11-26-20)33(12-28-18)23-19(35)17(16(10-34)38-23)30-22(36)15(24)9-13-3-5-14(6-4-13)37-8-7-29-31-25/h3-6,11-12,15-17,19,23,34-35H,7-10,24H2,1-2H3,(H,30,36)/t15?,16-,17?,19+,23-/m1/s1. The highest BCUT2D eigenvalue weighted by Crippen LogP contribution is 2.32. The molecule has 1 aromatic carbocycles. The number of aliphatic hydroxyl groups is 2. The fourth-order valence-electron chi connectivity index (χ4n) is 4.25. The Bertz CT molecular complexity index is 1290. The third-order valence-corrected chi connectivity index (χ3v) is 6.14. The van der Waals surface area contributed by atoms with Gasteiger partial charge in [0.25, 0.3) is 0 Å². The number of carbonyl (C=O) groups is 1. The van der Waals surface area contributed by atoms with Gasteiger partial charge in [-0.2, -0.15) is 0 Å². The van der Waals surface area contributed by atoms with Gasteiger partial charge in [0.05, 0.1) is 38.2 Å². The Morgan fingerprint density at radius 3 is 2.79 bits per heavy atom. The van der Waals surface area contributed by atoms with Gasteiger partial charge in [-0.05, 0) is 29.6 Å². The number of hydrogen-bond acceptors (Lipinski definition) is 11. The van der Waals surface area contributed by atoms with Crippen LogP contribution in [0.3, 0.4) is 0 Å². The minimum atomic E-state index is -1.21. The summed E-state index contributed by atoms with van der Waals surface area (Å²) in [6.07, 6.45) is 0.0733. The lowest BCUT2D eigenvalue weighted by atomic mass is 10.0. The second-order valence-electron chi connectivity index (χ2n) is 8.95. The number of amides is 1. The first kappa shape index (κ1) is 27.0. The molecule has 4 rings (SSSR count). The van der Waals surface area contributed by atoms with Crippen molar-refractivity contribution >= 4 is 22.9 Å². The van der Waals surface area contributed by atoms with Crippen LogP contribution >= 0.6 is 0 Å². The molecule has 15 heteroatoms. The van der Waals surface area contributed by atoms with E-state index in [1.165, 1.54) is 12.7 Å². The number of benzene rings is 1. The number of aliphatic hydroxyl groups excluding tert-OH is 2. The van der Waals surface area contributed by atoms with E-state index in [9.17, 15) is 15.0 Å². The van der Waals surface area contributed by atoms with E-state index in [1.54, 1.807) is 33.7 Å². The van der Waals surface area contributed by atoms with Gasteiger partial charge in [0.15, 0.2) is 23.2 Å². The summed E-state index contributed by atoms with van der Waals surface area (Å²) in [5.41, 5.74) is 16.2. The maximum absolute atomic E-state index is 12.9. The zero-order valence-electron chi connectivity index (χ0n) is 21.0. The quantitative estimate of drug-likeness (QED) is 0.113. The predicted molar refractivity (Wildman–Crippen MR) is 136 cm³/mol. The number of nitrogens with one attached hydrogen (secondary N) is 1. The van der Waals surface area contributed by atoms with Crippen molar-refractivity contribution in [1.82, 2.24) is 24.8 Å². The molecule has 2 aromatic heterocycles. The Hall–Kier alpha value is -4.01. The molecule has 0 bridgehead atoms. The molecule has 3 aromatic rings. The van der Waals surface area contributed by atoms with Crippen LogP contribution in [0.15, 0.2) is 42.0 Å². The molecule has 1 amide bonds. The van der Waals surface area contributed by atoms with E-state index in [4.69, 9.17) is 20.7 Å². The summed E-state index contributed by atoms with van der Waals surface area (Å²) >= 11 is 0. The minimum absolute atomic E-state index is 0.220. The highest BCUT2D eigenvalue weighted by Gasteiger charge is 2.46. The Labute approximate surface area is 217 Å². The number of hydrogen-bond donors (Lipinski definition) is 4. The van der Waals surface area contributed by atoms with Crippen LogP contribution in [0, 0.1) is 0 Å². The van der Waals surface area contributed by atoms with Crippen LogP contribution < -0.4 is 20.7 Å². The van der Waals surface area contributed by atoms with Crippen molar-refractivity contribution in [2.24, 2.45) is 10.8 Å². The number of ether oxygens (including phenoxy) is 2. The Kier molecular flexibility index (Phi) is 8.55. The number of nitrogens with zero attached hydrogens (tertiary/aromatic N) is 8. The van der Waals surface area contributed by atoms with Gasteiger partial charge in [-0.25, -0.2) is 15.0 Å². The molecular formula is C23H30N10O5. The summed E-state index contributed by atoms with van der Waals surface area (Å²) in [6.45, 7) is 0.0415. The Balaban J connectivity index is 1.40. The molecule has 5 atom stereocenters. The summed E-state index contributed by atoms with van der Waals surface area (Å²) < 4.78 is 12.9. The molecule has 0 radical (unpaired) electrons. The summed E-state index contributed by atoms with van der Waals surface area (Å²) in [4.78, 5) is 30.2. The largest absolute Gasteiger partial charge is 0.493 e. The normalized spacial score (nSPS) is 21.6. The van der Waals surface area contributed by atoms with Crippen molar-refractivity contribution in [3.05, 3.63) is 52.9 Å². The number of fused-ring (bicyclic) bond motifs is 1. The van der Waals surface area contributed by atoms with Gasteiger partial charge in [-0.1, -0.05) is 17.2 Å². The second kappa shape index (κ2) is 12.0. The minimum Gasteiger partial charge on any atom is -0.493 e. The van der Waals surface area contributed by atoms with E-state index in [0.717, 1.165) is 5.56 Å². The van der Waals surface area contributed by atoms with E-state index in [0.29, 0.717) is 22.7 Å². The lowest BCUT2D eigenvalue weighted by Crippen LogP contribution is -2.53. The molecule has 0 saturated carbocycles. The zero-order chi connectivity index (χ0) is 27.2. The topological polar surface area (TPSA) is 210 Å². The average Bonchev–Trinajstić information content (AvgIpc) is 3.48. The zero-order valence-corrected chi connectivity index (χ0v) is 21.0.